The maximum Gasteiger partial charge on any atom is 0.314 e. The van der Waals surface area contributed by atoms with Crippen LogP contribution in [0.25, 0.3) is 0 Å². The number of ether oxygens (including phenoxy) is 2. The first-order valence-corrected chi connectivity index (χ1v) is 9.38. The molecule has 2 saturated heterocycles. The van der Waals surface area contributed by atoms with Crippen LogP contribution in [0.5, 0.6) is 0 Å². The number of carbonyl (C=O) groups is 2. The fourth-order valence-electron chi connectivity index (χ4n) is 3.83. The zero-order chi connectivity index (χ0) is 18.4. The van der Waals surface area contributed by atoms with Crippen molar-refractivity contribution in [3.63, 3.8) is 0 Å². The van der Waals surface area contributed by atoms with Crippen molar-refractivity contribution < 1.29 is 24.2 Å². The van der Waals surface area contributed by atoms with Crippen LogP contribution < -0.4 is 0 Å². The van der Waals surface area contributed by atoms with Crippen LogP contribution in [-0.4, -0.2) is 60.9 Å². The molecule has 1 aromatic rings. The Bertz CT molecular complexity index is 604. The Morgan fingerprint density at radius 3 is 2.42 bits per heavy atom. The van der Waals surface area contributed by atoms with Crippen LogP contribution in [0.4, 0.5) is 0 Å². The van der Waals surface area contributed by atoms with E-state index >= 15 is 0 Å². The van der Waals surface area contributed by atoms with Gasteiger partial charge in [0, 0.05) is 26.3 Å². The third-order valence-corrected chi connectivity index (χ3v) is 5.54. The summed E-state index contributed by atoms with van der Waals surface area (Å²) in [7, 11) is 0. The van der Waals surface area contributed by atoms with Gasteiger partial charge in [-0.1, -0.05) is 30.3 Å². The largest absolute Gasteiger partial charge is 0.481 e. The molecule has 1 N–H and O–H groups in total. The molecule has 0 saturated carbocycles. The van der Waals surface area contributed by atoms with Crippen LogP contribution in [-0.2, 0) is 24.5 Å². The fourth-order valence-corrected chi connectivity index (χ4v) is 3.83. The first kappa shape index (κ1) is 18.9. The smallest absolute Gasteiger partial charge is 0.314 e. The van der Waals surface area contributed by atoms with Crippen molar-refractivity contribution >= 4 is 11.9 Å². The van der Waals surface area contributed by atoms with E-state index < -0.39 is 11.4 Å². The fraction of sp³-hybridized carbons (Fsp3) is 0.600. The van der Waals surface area contributed by atoms with Gasteiger partial charge in [-0.15, -0.1) is 0 Å². The molecule has 2 aliphatic heterocycles. The normalized spacial score (nSPS) is 20.7. The second kappa shape index (κ2) is 8.64. The van der Waals surface area contributed by atoms with Crippen molar-refractivity contribution in [3.8, 4) is 0 Å². The van der Waals surface area contributed by atoms with E-state index in [4.69, 9.17) is 9.47 Å². The topological polar surface area (TPSA) is 76.1 Å². The van der Waals surface area contributed by atoms with Gasteiger partial charge >= 0.3 is 5.97 Å². The van der Waals surface area contributed by atoms with E-state index in [1.54, 1.807) is 4.90 Å². The zero-order valence-electron chi connectivity index (χ0n) is 15.1. The van der Waals surface area contributed by atoms with Crippen molar-refractivity contribution in [3.05, 3.63) is 35.9 Å². The van der Waals surface area contributed by atoms with E-state index in [2.05, 4.69) is 0 Å². The number of nitrogens with zero attached hydrogens (tertiary/aromatic N) is 1. The second-order valence-corrected chi connectivity index (χ2v) is 7.07. The molecule has 0 radical (unpaired) electrons. The minimum Gasteiger partial charge on any atom is -0.481 e. The molecule has 2 aliphatic rings. The summed E-state index contributed by atoms with van der Waals surface area (Å²) in [5.74, 6) is -0.761. The number of amides is 1. The molecule has 0 spiro atoms. The maximum absolute atomic E-state index is 12.4. The minimum absolute atomic E-state index is 0.0455. The molecular formula is C20H27NO5. The average Bonchev–Trinajstić information content (AvgIpc) is 2.69. The SMILES string of the molecule is O=C(CCOC1CCOCC1)N1CCC(C(=O)O)(c2ccccc2)CC1. The van der Waals surface area contributed by atoms with Crippen molar-refractivity contribution in [2.24, 2.45) is 0 Å². The third kappa shape index (κ3) is 4.24. The van der Waals surface area contributed by atoms with Crippen molar-refractivity contribution in [2.45, 2.75) is 43.6 Å². The van der Waals surface area contributed by atoms with Crippen molar-refractivity contribution in [1.82, 2.24) is 4.90 Å². The summed E-state index contributed by atoms with van der Waals surface area (Å²) in [5, 5.41) is 9.82. The zero-order valence-corrected chi connectivity index (χ0v) is 15.1. The molecular weight excluding hydrogens is 334 g/mol. The van der Waals surface area contributed by atoms with E-state index in [9.17, 15) is 14.7 Å². The number of piperidine rings is 1. The molecule has 142 valence electrons. The molecule has 0 aliphatic carbocycles. The van der Waals surface area contributed by atoms with E-state index in [0.29, 0.717) is 39.0 Å². The van der Waals surface area contributed by atoms with Gasteiger partial charge in [0.25, 0.3) is 0 Å². The molecule has 1 amide bonds. The van der Waals surface area contributed by atoms with Gasteiger partial charge in [0.1, 0.15) is 0 Å². The predicted octanol–water partition coefficient (Wildman–Crippen LogP) is 2.22. The number of likely N-dealkylation sites (tertiary alicyclic amines) is 1. The standard InChI is InChI=1S/C20H27NO5/c22-18(8-15-26-17-6-13-25-14-7-17)21-11-9-20(10-12-21,19(23)24)16-4-2-1-3-5-16/h1-5,17H,6-15H2,(H,23,24). The number of benzene rings is 1. The van der Waals surface area contributed by atoms with Gasteiger partial charge in [-0.05, 0) is 31.2 Å². The molecule has 0 bridgehead atoms. The number of aliphatic carboxylic acids is 1. The highest BCUT2D eigenvalue weighted by Gasteiger charge is 2.43. The molecule has 2 fully saturated rings. The summed E-state index contributed by atoms with van der Waals surface area (Å²) >= 11 is 0. The lowest BCUT2D eigenvalue weighted by molar-refractivity contribution is -0.148. The van der Waals surface area contributed by atoms with Crippen LogP contribution >= 0.6 is 0 Å². The number of hydrogen-bond donors (Lipinski definition) is 1. The average molecular weight is 361 g/mol. The quantitative estimate of drug-likeness (QED) is 0.841. The van der Waals surface area contributed by atoms with Crippen LogP contribution in [0.2, 0.25) is 0 Å². The Morgan fingerprint density at radius 1 is 1.15 bits per heavy atom. The number of hydrogen-bond acceptors (Lipinski definition) is 4. The number of carbonyl (C=O) groups excluding carboxylic acids is 1. The van der Waals surface area contributed by atoms with Gasteiger partial charge in [0.2, 0.25) is 5.91 Å². The van der Waals surface area contributed by atoms with E-state index in [-0.39, 0.29) is 12.0 Å². The Hall–Kier alpha value is -1.92. The Balaban J connectivity index is 1.50. The van der Waals surface area contributed by atoms with E-state index in [1.165, 1.54) is 0 Å². The molecule has 6 heteroatoms. The lowest BCUT2D eigenvalue weighted by Gasteiger charge is -2.39. The first-order valence-electron chi connectivity index (χ1n) is 9.38. The summed E-state index contributed by atoms with van der Waals surface area (Å²) in [6.45, 7) is 2.81. The summed E-state index contributed by atoms with van der Waals surface area (Å²) in [5.41, 5.74) is -0.0705. The number of carboxylic acid groups (broad SMARTS) is 1. The molecule has 1 aromatic carbocycles. The molecule has 0 aromatic heterocycles. The molecule has 26 heavy (non-hydrogen) atoms. The summed E-state index contributed by atoms with van der Waals surface area (Å²) in [6, 6.07) is 9.35. The first-order chi connectivity index (χ1) is 12.6. The minimum atomic E-state index is -0.892. The second-order valence-electron chi connectivity index (χ2n) is 7.07. The lowest BCUT2D eigenvalue weighted by Crippen LogP contribution is -2.49. The highest BCUT2D eigenvalue weighted by atomic mass is 16.5. The summed E-state index contributed by atoms with van der Waals surface area (Å²) in [6.07, 6.45) is 3.20. The number of carboxylic acids is 1. The van der Waals surface area contributed by atoms with Gasteiger partial charge in [-0.2, -0.15) is 0 Å². The van der Waals surface area contributed by atoms with Gasteiger partial charge in [-0.3, -0.25) is 9.59 Å². The maximum atomic E-state index is 12.4. The third-order valence-electron chi connectivity index (χ3n) is 5.54. The molecule has 2 heterocycles. The lowest BCUT2D eigenvalue weighted by atomic mass is 9.73. The van der Waals surface area contributed by atoms with Crippen LogP contribution in [0.1, 0.15) is 37.7 Å². The van der Waals surface area contributed by atoms with E-state index in [1.807, 2.05) is 30.3 Å². The summed E-state index contributed by atoms with van der Waals surface area (Å²) < 4.78 is 11.1. The summed E-state index contributed by atoms with van der Waals surface area (Å²) in [4.78, 5) is 26.2. The highest BCUT2D eigenvalue weighted by molar-refractivity contribution is 5.82. The Labute approximate surface area is 154 Å². The van der Waals surface area contributed by atoms with Crippen LogP contribution in [0, 0.1) is 0 Å². The van der Waals surface area contributed by atoms with Gasteiger partial charge < -0.3 is 19.5 Å². The monoisotopic (exact) mass is 361 g/mol. The molecule has 3 rings (SSSR count). The van der Waals surface area contributed by atoms with Crippen LogP contribution in [0.3, 0.4) is 0 Å². The van der Waals surface area contributed by atoms with Gasteiger partial charge in [0.15, 0.2) is 0 Å². The highest BCUT2D eigenvalue weighted by Crippen LogP contribution is 2.36. The predicted molar refractivity (Wildman–Crippen MR) is 96.0 cm³/mol. The van der Waals surface area contributed by atoms with Gasteiger partial charge in [-0.25, -0.2) is 0 Å². The Morgan fingerprint density at radius 2 is 1.81 bits per heavy atom. The van der Waals surface area contributed by atoms with Crippen molar-refractivity contribution in [1.29, 1.82) is 0 Å². The van der Waals surface area contributed by atoms with Crippen LogP contribution in [0.15, 0.2) is 30.3 Å². The van der Waals surface area contributed by atoms with E-state index in [0.717, 1.165) is 31.6 Å². The Kier molecular flexibility index (Phi) is 6.27. The van der Waals surface area contributed by atoms with Gasteiger partial charge in [0.05, 0.1) is 24.5 Å². The molecule has 0 unspecified atom stereocenters. The molecule has 6 nitrogen and oxygen atoms in total. The number of rotatable bonds is 6. The van der Waals surface area contributed by atoms with Crippen molar-refractivity contribution in [2.75, 3.05) is 32.9 Å². The molecule has 0 atom stereocenters.